The minimum atomic E-state index is -0.448. The van der Waals surface area contributed by atoms with E-state index >= 15 is 0 Å². The highest BCUT2D eigenvalue weighted by Crippen LogP contribution is 2.12. The lowest BCUT2D eigenvalue weighted by molar-refractivity contribution is 0.0472. The molecule has 0 aliphatic rings. The smallest absolute Gasteiger partial charge is 0.340 e. The summed E-state index contributed by atoms with van der Waals surface area (Å²) in [6.45, 7) is 0.126. The Kier molecular flexibility index (Phi) is 4.26. The molecule has 0 radical (unpaired) electrons. The molecule has 4 nitrogen and oxygen atoms in total. The zero-order valence-electron chi connectivity index (χ0n) is 9.84. The molecular weight excluding hydrogens is 308 g/mol. The summed E-state index contributed by atoms with van der Waals surface area (Å²) in [4.78, 5) is 15.7. The van der Waals surface area contributed by atoms with Gasteiger partial charge in [0, 0.05) is 16.9 Å². The van der Waals surface area contributed by atoms with Crippen molar-refractivity contribution < 1.29 is 9.53 Å². The largest absolute Gasteiger partial charge is 0.457 e. The van der Waals surface area contributed by atoms with E-state index in [-0.39, 0.29) is 6.61 Å². The van der Waals surface area contributed by atoms with E-state index in [1.54, 1.807) is 36.5 Å². The van der Waals surface area contributed by atoms with Gasteiger partial charge in [-0.25, -0.2) is 4.79 Å². The Morgan fingerprint density at radius 3 is 2.95 bits per heavy atom. The molecule has 0 unspecified atom stereocenters. The van der Waals surface area contributed by atoms with Crippen molar-refractivity contribution in [2.24, 2.45) is 0 Å². The molecule has 0 aliphatic carbocycles. The number of nitrogens with zero attached hydrogens (tertiary/aromatic N) is 2. The summed E-state index contributed by atoms with van der Waals surface area (Å²) in [5, 5.41) is 8.78. The summed E-state index contributed by atoms with van der Waals surface area (Å²) < 4.78 is 5.88. The standard InChI is InChI=1S/C14H9BrN2O2/c15-13-5-12(7-17-8-13)14(18)19-9-11-3-1-2-10(4-11)6-16/h1-5,7-8H,9H2. The molecule has 0 atom stereocenters. The van der Waals surface area contributed by atoms with Gasteiger partial charge in [0.15, 0.2) is 0 Å². The number of nitriles is 1. The van der Waals surface area contributed by atoms with E-state index in [2.05, 4.69) is 20.9 Å². The summed E-state index contributed by atoms with van der Waals surface area (Å²) in [7, 11) is 0. The predicted molar refractivity (Wildman–Crippen MR) is 72.2 cm³/mol. The maximum atomic E-state index is 11.8. The molecule has 0 amide bonds. The maximum absolute atomic E-state index is 11.8. The summed E-state index contributed by atoms with van der Waals surface area (Å²) in [6, 6.07) is 10.6. The molecule has 0 bridgehead atoms. The number of carbonyl (C=O) groups is 1. The van der Waals surface area contributed by atoms with Crippen LogP contribution >= 0.6 is 15.9 Å². The third-order valence-corrected chi connectivity index (χ3v) is 2.80. The number of benzene rings is 1. The fourth-order valence-corrected chi connectivity index (χ4v) is 1.85. The number of pyridine rings is 1. The van der Waals surface area contributed by atoms with Crippen LogP contribution in [-0.4, -0.2) is 11.0 Å². The number of ether oxygens (including phenoxy) is 1. The van der Waals surface area contributed by atoms with Gasteiger partial charge in [0.2, 0.25) is 0 Å². The van der Waals surface area contributed by atoms with E-state index in [0.29, 0.717) is 15.6 Å². The van der Waals surface area contributed by atoms with Crippen molar-refractivity contribution in [2.45, 2.75) is 6.61 Å². The Labute approximate surface area is 118 Å². The van der Waals surface area contributed by atoms with Crippen molar-refractivity contribution >= 4 is 21.9 Å². The Bertz CT molecular complexity index is 650. The van der Waals surface area contributed by atoms with Crippen molar-refractivity contribution in [3.63, 3.8) is 0 Å². The van der Waals surface area contributed by atoms with Gasteiger partial charge >= 0.3 is 5.97 Å². The number of hydrogen-bond donors (Lipinski definition) is 0. The fraction of sp³-hybridized carbons (Fsp3) is 0.0714. The van der Waals surface area contributed by atoms with Crippen molar-refractivity contribution in [2.75, 3.05) is 0 Å². The zero-order valence-corrected chi connectivity index (χ0v) is 11.4. The molecule has 0 saturated carbocycles. The van der Waals surface area contributed by atoms with E-state index in [0.717, 1.165) is 5.56 Å². The molecule has 0 fully saturated rings. The van der Waals surface area contributed by atoms with Crippen LogP contribution < -0.4 is 0 Å². The van der Waals surface area contributed by atoms with Crippen LogP contribution in [0.15, 0.2) is 47.2 Å². The number of rotatable bonds is 3. The molecule has 0 spiro atoms. The Balaban J connectivity index is 2.02. The van der Waals surface area contributed by atoms with Crippen LogP contribution in [0.2, 0.25) is 0 Å². The molecular formula is C14H9BrN2O2. The highest BCUT2D eigenvalue weighted by atomic mass is 79.9. The van der Waals surface area contributed by atoms with E-state index in [1.807, 2.05) is 6.07 Å². The normalized spacial score (nSPS) is 9.68. The van der Waals surface area contributed by atoms with E-state index in [1.165, 1.54) is 6.20 Å². The summed E-state index contributed by atoms with van der Waals surface area (Å²) >= 11 is 3.24. The second kappa shape index (κ2) is 6.12. The monoisotopic (exact) mass is 316 g/mol. The minimum absolute atomic E-state index is 0.126. The van der Waals surface area contributed by atoms with E-state index < -0.39 is 5.97 Å². The van der Waals surface area contributed by atoms with Crippen molar-refractivity contribution in [3.8, 4) is 6.07 Å². The number of esters is 1. The molecule has 2 rings (SSSR count). The lowest BCUT2D eigenvalue weighted by Crippen LogP contribution is -2.05. The average Bonchev–Trinajstić information content (AvgIpc) is 2.45. The first-order chi connectivity index (χ1) is 9.19. The van der Waals surface area contributed by atoms with Gasteiger partial charge in [-0.15, -0.1) is 0 Å². The lowest BCUT2D eigenvalue weighted by Gasteiger charge is -2.05. The molecule has 5 heteroatoms. The molecule has 1 heterocycles. The van der Waals surface area contributed by atoms with Crippen LogP contribution in [-0.2, 0) is 11.3 Å². The molecule has 1 aromatic heterocycles. The lowest BCUT2D eigenvalue weighted by atomic mass is 10.1. The molecule has 19 heavy (non-hydrogen) atoms. The van der Waals surface area contributed by atoms with Gasteiger partial charge in [0.25, 0.3) is 0 Å². The highest BCUT2D eigenvalue weighted by molar-refractivity contribution is 9.10. The first kappa shape index (κ1) is 13.2. The summed E-state index contributed by atoms with van der Waals surface area (Å²) in [6.07, 6.45) is 3.03. The highest BCUT2D eigenvalue weighted by Gasteiger charge is 2.08. The van der Waals surface area contributed by atoms with E-state index in [9.17, 15) is 4.79 Å². The van der Waals surface area contributed by atoms with Crippen LogP contribution in [0.1, 0.15) is 21.5 Å². The number of halogens is 1. The Morgan fingerprint density at radius 1 is 1.37 bits per heavy atom. The van der Waals surface area contributed by atoms with Crippen molar-refractivity contribution in [1.82, 2.24) is 4.98 Å². The number of carbonyl (C=O) groups excluding carboxylic acids is 1. The predicted octanol–water partition coefficient (Wildman–Crippen LogP) is 3.07. The average molecular weight is 317 g/mol. The first-order valence-electron chi connectivity index (χ1n) is 5.46. The van der Waals surface area contributed by atoms with Gasteiger partial charge in [0.05, 0.1) is 17.2 Å². The SMILES string of the molecule is N#Cc1cccc(COC(=O)c2cncc(Br)c2)c1. The molecule has 0 aliphatic heterocycles. The minimum Gasteiger partial charge on any atom is -0.457 e. The second-order valence-electron chi connectivity index (χ2n) is 3.78. The third-order valence-electron chi connectivity index (χ3n) is 2.37. The topological polar surface area (TPSA) is 63.0 Å². The fourth-order valence-electron chi connectivity index (χ4n) is 1.49. The zero-order chi connectivity index (χ0) is 13.7. The number of aromatic nitrogens is 1. The maximum Gasteiger partial charge on any atom is 0.340 e. The van der Waals surface area contributed by atoms with Crippen molar-refractivity contribution in [3.05, 3.63) is 63.9 Å². The Morgan fingerprint density at radius 2 is 2.21 bits per heavy atom. The number of hydrogen-bond acceptors (Lipinski definition) is 4. The van der Waals surface area contributed by atoms with Crippen LogP contribution in [0, 0.1) is 11.3 Å². The van der Waals surface area contributed by atoms with Gasteiger partial charge in [-0.3, -0.25) is 4.98 Å². The van der Waals surface area contributed by atoms with Gasteiger partial charge in [-0.1, -0.05) is 12.1 Å². The van der Waals surface area contributed by atoms with Crippen LogP contribution in [0.4, 0.5) is 0 Å². The molecule has 94 valence electrons. The molecule has 1 aromatic carbocycles. The third kappa shape index (κ3) is 3.63. The molecule has 0 N–H and O–H groups in total. The second-order valence-corrected chi connectivity index (χ2v) is 4.70. The van der Waals surface area contributed by atoms with Gasteiger partial charge in [-0.05, 0) is 39.7 Å². The van der Waals surface area contributed by atoms with Crippen LogP contribution in [0.5, 0.6) is 0 Å². The van der Waals surface area contributed by atoms with Crippen LogP contribution in [0.25, 0.3) is 0 Å². The van der Waals surface area contributed by atoms with E-state index in [4.69, 9.17) is 10.00 Å². The molecule has 2 aromatic rings. The van der Waals surface area contributed by atoms with Crippen molar-refractivity contribution in [1.29, 1.82) is 5.26 Å². The Hall–Kier alpha value is -2.19. The van der Waals surface area contributed by atoms with Gasteiger partial charge in [-0.2, -0.15) is 5.26 Å². The molecule has 0 saturated heterocycles. The van der Waals surface area contributed by atoms with Crippen LogP contribution in [0.3, 0.4) is 0 Å². The summed E-state index contributed by atoms with van der Waals surface area (Å²) in [5.41, 5.74) is 1.69. The van der Waals surface area contributed by atoms with Gasteiger partial charge in [0.1, 0.15) is 6.61 Å². The quantitative estimate of drug-likeness (QED) is 0.816. The summed E-state index contributed by atoms with van der Waals surface area (Å²) in [5.74, 6) is -0.448. The first-order valence-corrected chi connectivity index (χ1v) is 6.25. The van der Waals surface area contributed by atoms with Gasteiger partial charge < -0.3 is 4.74 Å².